The van der Waals surface area contributed by atoms with Crippen LogP contribution in [0.25, 0.3) is 0 Å². The van der Waals surface area contributed by atoms with Gasteiger partial charge in [-0.05, 0) is 56.2 Å². The number of nitrogens with one attached hydrogen (secondary N) is 1. The van der Waals surface area contributed by atoms with E-state index in [4.69, 9.17) is 16.3 Å². The number of carbonyl (C=O) groups is 1. The van der Waals surface area contributed by atoms with Crippen molar-refractivity contribution in [1.82, 2.24) is 15.1 Å². The van der Waals surface area contributed by atoms with Gasteiger partial charge in [0.1, 0.15) is 12.4 Å². The minimum atomic E-state index is -0.126. The summed E-state index contributed by atoms with van der Waals surface area (Å²) in [6, 6.07) is 13.1. The lowest BCUT2D eigenvalue weighted by atomic mass is 10.1. The van der Waals surface area contributed by atoms with E-state index in [2.05, 4.69) is 10.4 Å². The summed E-state index contributed by atoms with van der Waals surface area (Å²) >= 11 is 6.17. The molecule has 0 saturated carbocycles. The Hall–Kier alpha value is -2.79. The number of rotatable bonds is 7. The lowest BCUT2D eigenvalue weighted by Gasteiger charge is -2.10. The highest BCUT2D eigenvalue weighted by Gasteiger charge is 2.10. The van der Waals surface area contributed by atoms with Crippen LogP contribution >= 0.6 is 11.6 Å². The van der Waals surface area contributed by atoms with E-state index in [-0.39, 0.29) is 5.91 Å². The summed E-state index contributed by atoms with van der Waals surface area (Å²) in [5.74, 6) is 0.513. The molecule has 28 heavy (non-hydrogen) atoms. The largest absolute Gasteiger partial charge is 0.487 e. The fourth-order valence-corrected chi connectivity index (χ4v) is 3.03. The Kier molecular flexibility index (Phi) is 6.37. The van der Waals surface area contributed by atoms with Crippen LogP contribution in [0.15, 0.2) is 48.7 Å². The number of nitrogens with zero attached hydrogens (tertiary/aromatic N) is 2. The second-order valence-electron chi connectivity index (χ2n) is 6.70. The molecule has 1 aromatic heterocycles. The van der Waals surface area contributed by atoms with E-state index in [1.165, 1.54) is 0 Å². The zero-order chi connectivity index (χ0) is 20.1. The predicted molar refractivity (Wildman–Crippen MR) is 111 cm³/mol. The van der Waals surface area contributed by atoms with E-state index in [1.807, 2.05) is 68.0 Å². The van der Waals surface area contributed by atoms with Gasteiger partial charge in [0.2, 0.25) is 0 Å². The highest BCUT2D eigenvalue weighted by Crippen LogP contribution is 2.26. The van der Waals surface area contributed by atoms with Crippen molar-refractivity contribution in [2.45, 2.75) is 40.5 Å². The van der Waals surface area contributed by atoms with Gasteiger partial charge in [-0.3, -0.25) is 9.48 Å². The minimum Gasteiger partial charge on any atom is -0.487 e. The number of halogens is 1. The van der Waals surface area contributed by atoms with Crippen molar-refractivity contribution in [3.8, 4) is 5.75 Å². The van der Waals surface area contributed by atoms with Gasteiger partial charge in [-0.2, -0.15) is 5.10 Å². The number of amides is 1. The van der Waals surface area contributed by atoms with Crippen molar-refractivity contribution in [3.05, 3.63) is 81.6 Å². The average molecular weight is 398 g/mol. The molecule has 3 aromatic rings. The number of hydrogen-bond donors (Lipinski definition) is 1. The van der Waals surface area contributed by atoms with Gasteiger partial charge >= 0.3 is 0 Å². The first-order chi connectivity index (χ1) is 13.5. The van der Waals surface area contributed by atoms with E-state index >= 15 is 0 Å². The van der Waals surface area contributed by atoms with Crippen molar-refractivity contribution in [2.75, 3.05) is 0 Å². The third-order valence-electron chi connectivity index (χ3n) is 4.48. The van der Waals surface area contributed by atoms with Gasteiger partial charge in [-0.25, -0.2) is 0 Å². The van der Waals surface area contributed by atoms with Crippen molar-refractivity contribution >= 4 is 17.5 Å². The van der Waals surface area contributed by atoms with Crippen LogP contribution < -0.4 is 10.1 Å². The SMILES string of the molecule is CCn1cc(CNC(=O)c2cccc(COc3cc(C)ccc3Cl)c2)c(C)n1. The molecule has 1 heterocycles. The van der Waals surface area contributed by atoms with Crippen molar-refractivity contribution in [3.63, 3.8) is 0 Å². The summed E-state index contributed by atoms with van der Waals surface area (Å²) in [7, 11) is 0. The van der Waals surface area contributed by atoms with Gasteiger partial charge in [0, 0.05) is 30.4 Å². The molecule has 0 unspecified atom stereocenters. The topological polar surface area (TPSA) is 56.2 Å². The number of aryl methyl sites for hydroxylation is 3. The molecule has 1 N–H and O–H groups in total. The maximum Gasteiger partial charge on any atom is 0.251 e. The summed E-state index contributed by atoms with van der Waals surface area (Å²) in [6.07, 6.45) is 1.96. The zero-order valence-corrected chi connectivity index (χ0v) is 17.1. The molecule has 0 atom stereocenters. The van der Waals surface area contributed by atoms with E-state index < -0.39 is 0 Å². The third-order valence-corrected chi connectivity index (χ3v) is 4.79. The van der Waals surface area contributed by atoms with Crippen LogP contribution in [0, 0.1) is 13.8 Å². The van der Waals surface area contributed by atoms with Crippen LogP contribution in [-0.2, 0) is 19.7 Å². The van der Waals surface area contributed by atoms with E-state index in [9.17, 15) is 4.79 Å². The number of ether oxygens (including phenoxy) is 1. The highest BCUT2D eigenvalue weighted by atomic mass is 35.5. The van der Waals surface area contributed by atoms with Crippen LogP contribution in [0.4, 0.5) is 0 Å². The molecular formula is C22H24ClN3O2. The first kappa shape index (κ1) is 20.0. The van der Waals surface area contributed by atoms with Gasteiger partial charge in [-0.1, -0.05) is 29.8 Å². The minimum absolute atomic E-state index is 0.126. The van der Waals surface area contributed by atoms with Gasteiger partial charge in [0.15, 0.2) is 0 Å². The van der Waals surface area contributed by atoms with Gasteiger partial charge < -0.3 is 10.1 Å². The average Bonchev–Trinajstić information content (AvgIpc) is 3.07. The maximum atomic E-state index is 12.5. The summed E-state index contributed by atoms with van der Waals surface area (Å²) in [5, 5.41) is 7.93. The molecule has 0 spiro atoms. The number of aromatic nitrogens is 2. The molecule has 146 valence electrons. The molecule has 0 aliphatic heterocycles. The normalized spacial score (nSPS) is 10.7. The first-order valence-corrected chi connectivity index (χ1v) is 9.63. The molecular weight excluding hydrogens is 374 g/mol. The van der Waals surface area contributed by atoms with Crippen LogP contribution in [0.1, 0.15) is 39.7 Å². The molecule has 5 nitrogen and oxygen atoms in total. The van der Waals surface area contributed by atoms with E-state index in [0.29, 0.717) is 29.5 Å². The second kappa shape index (κ2) is 8.93. The number of benzene rings is 2. The lowest BCUT2D eigenvalue weighted by molar-refractivity contribution is 0.0950. The zero-order valence-electron chi connectivity index (χ0n) is 16.3. The number of hydrogen-bond acceptors (Lipinski definition) is 3. The molecule has 2 aromatic carbocycles. The monoisotopic (exact) mass is 397 g/mol. The molecule has 0 radical (unpaired) electrons. The Labute approximate surface area is 170 Å². The molecule has 0 saturated heterocycles. The fourth-order valence-electron chi connectivity index (χ4n) is 2.86. The first-order valence-electron chi connectivity index (χ1n) is 9.25. The molecule has 3 rings (SSSR count). The second-order valence-corrected chi connectivity index (χ2v) is 7.11. The molecule has 0 fully saturated rings. The summed E-state index contributed by atoms with van der Waals surface area (Å²) in [6.45, 7) is 7.56. The Balaban J connectivity index is 1.62. The standard InChI is InChI=1S/C22H24ClN3O2/c1-4-26-13-19(16(3)25-26)12-24-22(27)18-7-5-6-17(11-18)14-28-21-10-15(2)8-9-20(21)23/h5-11,13H,4,12,14H2,1-3H3,(H,24,27). The molecule has 0 aliphatic rings. The van der Waals surface area contributed by atoms with Crippen LogP contribution in [-0.4, -0.2) is 15.7 Å². The van der Waals surface area contributed by atoms with E-state index in [0.717, 1.165) is 28.9 Å². The Bertz CT molecular complexity index is 982. The van der Waals surface area contributed by atoms with Gasteiger partial charge in [0.05, 0.1) is 10.7 Å². The summed E-state index contributed by atoms with van der Waals surface area (Å²) in [4.78, 5) is 12.5. The van der Waals surface area contributed by atoms with Crippen molar-refractivity contribution < 1.29 is 9.53 Å². The lowest BCUT2D eigenvalue weighted by Crippen LogP contribution is -2.23. The highest BCUT2D eigenvalue weighted by molar-refractivity contribution is 6.32. The third kappa shape index (κ3) is 4.93. The Morgan fingerprint density at radius 2 is 2.04 bits per heavy atom. The van der Waals surface area contributed by atoms with Gasteiger partial charge in [-0.15, -0.1) is 0 Å². The molecule has 1 amide bonds. The van der Waals surface area contributed by atoms with Gasteiger partial charge in [0.25, 0.3) is 5.91 Å². The van der Waals surface area contributed by atoms with E-state index in [1.54, 1.807) is 6.07 Å². The van der Waals surface area contributed by atoms with Crippen LogP contribution in [0.3, 0.4) is 0 Å². The Morgan fingerprint density at radius 1 is 1.21 bits per heavy atom. The van der Waals surface area contributed by atoms with Crippen molar-refractivity contribution in [2.24, 2.45) is 0 Å². The predicted octanol–water partition coefficient (Wildman–Crippen LogP) is 4.68. The quantitative estimate of drug-likeness (QED) is 0.629. The number of carbonyl (C=O) groups excluding carboxylic acids is 1. The molecule has 0 aliphatic carbocycles. The van der Waals surface area contributed by atoms with Crippen LogP contribution in [0.2, 0.25) is 5.02 Å². The Morgan fingerprint density at radius 3 is 2.79 bits per heavy atom. The van der Waals surface area contributed by atoms with Crippen LogP contribution in [0.5, 0.6) is 5.75 Å². The maximum absolute atomic E-state index is 12.5. The smallest absolute Gasteiger partial charge is 0.251 e. The van der Waals surface area contributed by atoms with Crippen molar-refractivity contribution in [1.29, 1.82) is 0 Å². The molecule has 6 heteroatoms. The fraction of sp³-hybridized carbons (Fsp3) is 0.273. The molecule has 0 bridgehead atoms. The summed E-state index contributed by atoms with van der Waals surface area (Å²) < 4.78 is 7.69. The summed E-state index contributed by atoms with van der Waals surface area (Å²) in [5.41, 5.74) is 4.52.